The van der Waals surface area contributed by atoms with Crippen LogP contribution in [0.2, 0.25) is 0 Å². The van der Waals surface area contributed by atoms with Crippen molar-refractivity contribution in [1.29, 1.82) is 0 Å². The molecule has 2 amide bonds. The molecule has 2 aliphatic carbocycles. The smallest absolute Gasteiger partial charge is 0.225 e. The van der Waals surface area contributed by atoms with Crippen LogP contribution in [0.4, 0.5) is 0 Å². The van der Waals surface area contributed by atoms with Gasteiger partial charge in [-0.05, 0) is 49.5 Å². The highest BCUT2D eigenvalue weighted by molar-refractivity contribution is 5.81. The molecule has 5 unspecified atom stereocenters. The summed E-state index contributed by atoms with van der Waals surface area (Å²) in [5, 5.41) is 3.18. The first-order valence-corrected chi connectivity index (χ1v) is 9.99. The molecule has 0 spiro atoms. The van der Waals surface area contributed by atoms with Crippen LogP contribution in [0.5, 0.6) is 0 Å². The fourth-order valence-corrected chi connectivity index (χ4v) is 5.18. The molecular formula is C21H29N3O2. The summed E-state index contributed by atoms with van der Waals surface area (Å²) in [7, 11) is 0. The van der Waals surface area contributed by atoms with Gasteiger partial charge < -0.3 is 16.0 Å². The quantitative estimate of drug-likeness (QED) is 0.844. The lowest BCUT2D eigenvalue weighted by atomic mass is 9.84. The summed E-state index contributed by atoms with van der Waals surface area (Å²) in [5.41, 5.74) is 7.47. The fraction of sp³-hybridized carbons (Fsp3) is 0.619. The van der Waals surface area contributed by atoms with Crippen LogP contribution in [0.3, 0.4) is 0 Å². The van der Waals surface area contributed by atoms with Gasteiger partial charge in [0.2, 0.25) is 11.8 Å². The van der Waals surface area contributed by atoms with E-state index >= 15 is 0 Å². The highest BCUT2D eigenvalue weighted by atomic mass is 16.2. The lowest BCUT2D eigenvalue weighted by Crippen LogP contribution is -2.48. The lowest BCUT2D eigenvalue weighted by molar-refractivity contribution is -0.131. The minimum Gasteiger partial charge on any atom is -0.351 e. The number of carbonyl (C=O) groups is 2. The number of amides is 2. The van der Waals surface area contributed by atoms with E-state index in [1.165, 1.54) is 12.0 Å². The Bertz CT molecular complexity index is 660. The molecule has 26 heavy (non-hydrogen) atoms. The van der Waals surface area contributed by atoms with Gasteiger partial charge in [-0.15, -0.1) is 0 Å². The van der Waals surface area contributed by atoms with Crippen LogP contribution in [-0.4, -0.2) is 41.9 Å². The van der Waals surface area contributed by atoms with Crippen LogP contribution in [0.1, 0.15) is 37.7 Å². The molecule has 3 N–H and O–H groups in total. The van der Waals surface area contributed by atoms with Crippen molar-refractivity contribution in [2.45, 2.75) is 50.6 Å². The predicted octanol–water partition coefficient (Wildman–Crippen LogP) is 1.71. The Hall–Kier alpha value is -1.88. The molecule has 5 nitrogen and oxygen atoms in total. The predicted molar refractivity (Wildman–Crippen MR) is 100 cm³/mol. The highest BCUT2D eigenvalue weighted by Crippen LogP contribution is 2.47. The first-order valence-electron chi connectivity index (χ1n) is 9.99. The number of nitrogens with two attached hydrogens (primary N) is 1. The molecule has 5 heteroatoms. The van der Waals surface area contributed by atoms with Crippen molar-refractivity contribution in [3.05, 3.63) is 35.9 Å². The number of nitrogens with zero attached hydrogens (tertiary/aromatic N) is 1. The number of benzene rings is 1. The number of hydrogen-bond donors (Lipinski definition) is 2. The van der Waals surface area contributed by atoms with Gasteiger partial charge in [-0.1, -0.05) is 30.3 Å². The Morgan fingerprint density at radius 3 is 2.62 bits per heavy atom. The number of likely N-dealkylation sites (tertiary alicyclic amines) is 1. The Morgan fingerprint density at radius 1 is 1.12 bits per heavy atom. The molecular weight excluding hydrogens is 326 g/mol. The van der Waals surface area contributed by atoms with Crippen molar-refractivity contribution < 1.29 is 9.59 Å². The van der Waals surface area contributed by atoms with Gasteiger partial charge >= 0.3 is 0 Å². The molecule has 2 bridgehead atoms. The van der Waals surface area contributed by atoms with Gasteiger partial charge in [-0.25, -0.2) is 0 Å². The normalized spacial score (nSPS) is 32.8. The van der Waals surface area contributed by atoms with Gasteiger partial charge in [0.1, 0.15) is 0 Å². The second-order valence-electron chi connectivity index (χ2n) is 8.26. The number of aryl methyl sites for hydroxylation is 1. The van der Waals surface area contributed by atoms with Crippen LogP contribution in [0.25, 0.3) is 0 Å². The first-order chi connectivity index (χ1) is 12.6. The van der Waals surface area contributed by atoms with E-state index in [1.54, 1.807) is 0 Å². The standard InChI is InChI=1S/C21H29N3O2/c22-20-16-8-7-15(12-16)19(20)21(26)23-17-10-11-24(13-17)18(25)9-6-14-4-2-1-3-5-14/h1-5,15-17,19-20H,6-13,22H2,(H,23,26). The molecule has 3 fully saturated rings. The monoisotopic (exact) mass is 355 g/mol. The zero-order chi connectivity index (χ0) is 18.1. The summed E-state index contributed by atoms with van der Waals surface area (Å²) < 4.78 is 0. The summed E-state index contributed by atoms with van der Waals surface area (Å²) in [5.74, 6) is 1.29. The Morgan fingerprint density at radius 2 is 1.88 bits per heavy atom. The number of carbonyl (C=O) groups excluding carboxylic acids is 2. The van der Waals surface area contributed by atoms with Gasteiger partial charge in [0.25, 0.3) is 0 Å². The fourth-order valence-electron chi connectivity index (χ4n) is 5.18. The molecule has 4 rings (SSSR count). The molecule has 0 aromatic heterocycles. The average molecular weight is 355 g/mol. The third-order valence-corrected chi connectivity index (χ3v) is 6.64. The van der Waals surface area contributed by atoms with E-state index in [0.717, 1.165) is 32.2 Å². The third-order valence-electron chi connectivity index (χ3n) is 6.64. The molecule has 1 aliphatic heterocycles. The van der Waals surface area contributed by atoms with E-state index in [9.17, 15) is 9.59 Å². The topological polar surface area (TPSA) is 75.4 Å². The SMILES string of the molecule is NC1C2CCC(C2)C1C(=O)NC1CCN(C(=O)CCc2ccccc2)C1. The molecule has 1 saturated heterocycles. The highest BCUT2D eigenvalue weighted by Gasteiger charge is 2.49. The Balaban J connectivity index is 1.24. The van der Waals surface area contributed by atoms with Crippen LogP contribution in [0.15, 0.2) is 30.3 Å². The van der Waals surface area contributed by atoms with Crippen molar-refractivity contribution in [1.82, 2.24) is 10.2 Å². The van der Waals surface area contributed by atoms with Gasteiger partial charge in [0.15, 0.2) is 0 Å². The number of fused-ring (bicyclic) bond motifs is 2. The summed E-state index contributed by atoms with van der Waals surface area (Å²) in [6.07, 6.45) is 5.59. The third kappa shape index (κ3) is 3.50. The van der Waals surface area contributed by atoms with Gasteiger partial charge in [0, 0.05) is 31.6 Å². The first kappa shape index (κ1) is 17.5. The second kappa shape index (κ2) is 7.39. The van der Waals surface area contributed by atoms with Crippen LogP contribution in [-0.2, 0) is 16.0 Å². The summed E-state index contributed by atoms with van der Waals surface area (Å²) in [6, 6.07) is 10.2. The molecule has 2 saturated carbocycles. The van der Waals surface area contributed by atoms with E-state index < -0.39 is 0 Å². The van der Waals surface area contributed by atoms with Crippen LogP contribution < -0.4 is 11.1 Å². The molecule has 1 aromatic rings. The molecule has 0 radical (unpaired) electrons. The largest absolute Gasteiger partial charge is 0.351 e. The van der Waals surface area contributed by atoms with E-state index in [0.29, 0.717) is 24.8 Å². The number of hydrogen-bond acceptors (Lipinski definition) is 3. The van der Waals surface area contributed by atoms with E-state index in [-0.39, 0.29) is 29.8 Å². The van der Waals surface area contributed by atoms with E-state index in [4.69, 9.17) is 5.73 Å². The molecule has 3 aliphatic rings. The van der Waals surface area contributed by atoms with Gasteiger partial charge in [0.05, 0.1) is 5.92 Å². The second-order valence-corrected chi connectivity index (χ2v) is 8.26. The maximum absolute atomic E-state index is 12.7. The zero-order valence-corrected chi connectivity index (χ0v) is 15.3. The van der Waals surface area contributed by atoms with Crippen molar-refractivity contribution in [3.8, 4) is 0 Å². The minimum absolute atomic E-state index is 0.0171. The Kier molecular flexibility index (Phi) is 4.98. The van der Waals surface area contributed by atoms with Gasteiger partial charge in [-0.2, -0.15) is 0 Å². The van der Waals surface area contributed by atoms with E-state index in [1.807, 2.05) is 23.1 Å². The molecule has 1 heterocycles. The van der Waals surface area contributed by atoms with Gasteiger partial charge in [-0.3, -0.25) is 9.59 Å². The molecule has 5 atom stereocenters. The summed E-state index contributed by atoms with van der Waals surface area (Å²) in [6.45, 7) is 1.37. The molecule has 140 valence electrons. The minimum atomic E-state index is -0.0171. The lowest BCUT2D eigenvalue weighted by Gasteiger charge is -2.28. The van der Waals surface area contributed by atoms with Crippen molar-refractivity contribution in [2.24, 2.45) is 23.5 Å². The van der Waals surface area contributed by atoms with Crippen molar-refractivity contribution >= 4 is 11.8 Å². The number of nitrogens with one attached hydrogen (secondary N) is 1. The van der Waals surface area contributed by atoms with E-state index in [2.05, 4.69) is 17.4 Å². The summed E-state index contributed by atoms with van der Waals surface area (Å²) >= 11 is 0. The average Bonchev–Trinajstić information content (AvgIpc) is 3.36. The van der Waals surface area contributed by atoms with Crippen molar-refractivity contribution in [3.63, 3.8) is 0 Å². The zero-order valence-electron chi connectivity index (χ0n) is 15.3. The maximum atomic E-state index is 12.7. The summed E-state index contributed by atoms with van der Waals surface area (Å²) in [4.78, 5) is 27.0. The van der Waals surface area contributed by atoms with Crippen LogP contribution in [0, 0.1) is 17.8 Å². The Labute approximate surface area is 155 Å². The van der Waals surface area contributed by atoms with Crippen molar-refractivity contribution in [2.75, 3.05) is 13.1 Å². The maximum Gasteiger partial charge on any atom is 0.225 e. The number of rotatable bonds is 5. The van der Waals surface area contributed by atoms with Crippen LogP contribution >= 0.6 is 0 Å². The molecule has 1 aromatic carbocycles.